The molecule has 0 aliphatic carbocycles. The average Bonchev–Trinajstić information content (AvgIpc) is 3.17. The zero-order valence-corrected chi connectivity index (χ0v) is 17.2. The Bertz CT molecular complexity index is 936. The van der Waals surface area contributed by atoms with E-state index >= 15 is 0 Å². The molecule has 1 unspecified atom stereocenters. The Labute approximate surface area is 174 Å². The fraction of sp³-hybridized carbons (Fsp3) is 0.364. The number of nitrogens with zero attached hydrogens (tertiary/aromatic N) is 3. The van der Waals surface area contributed by atoms with Crippen molar-refractivity contribution in [2.75, 3.05) is 18.4 Å². The van der Waals surface area contributed by atoms with Crippen LogP contribution in [0.25, 0.3) is 10.4 Å². The summed E-state index contributed by atoms with van der Waals surface area (Å²) >= 11 is 1.52. The van der Waals surface area contributed by atoms with E-state index < -0.39 is 0 Å². The highest BCUT2D eigenvalue weighted by atomic mass is 32.1. The molecule has 2 N–H and O–H groups in total. The zero-order valence-electron chi connectivity index (χ0n) is 16.4. The normalized spacial score (nSPS) is 16.7. The number of pyridine rings is 1. The topological polar surface area (TPSA) is 61.3 Å². The zero-order chi connectivity index (χ0) is 20.2. The maximum Gasteiger partial charge on any atom is 0.188 e. The van der Waals surface area contributed by atoms with E-state index in [0.29, 0.717) is 5.92 Å². The van der Waals surface area contributed by atoms with E-state index in [1.807, 2.05) is 13.1 Å². The Hall–Kier alpha value is -2.35. The molecule has 1 aliphatic heterocycles. The van der Waals surface area contributed by atoms with Crippen LogP contribution in [0.15, 0.2) is 48.8 Å². The molecule has 7 heteroatoms. The van der Waals surface area contributed by atoms with Crippen LogP contribution in [0, 0.1) is 11.7 Å². The van der Waals surface area contributed by atoms with E-state index in [0.717, 1.165) is 53.7 Å². The lowest BCUT2D eigenvalue weighted by Crippen LogP contribution is -2.40. The van der Waals surface area contributed by atoms with Gasteiger partial charge < -0.3 is 10.4 Å². The lowest BCUT2D eigenvalue weighted by atomic mass is 9.90. The molecule has 3 aromatic rings. The third kappa shape index (κ3) is 5.18. The fourth-order valence-electron chi connectivity index (χ4n) is 3.72. The molecule has 152 valence electrons. The van der Waals surface area contributed by atoms with Gasteiger partial charge in [-0.15, -0.1) is 0 Å². The van der Waals surface area contributed by atoms with Gasteiger partial charge in [-0.1, -0.05) is 23.5 Å². The number of aliphatic hydroxyl groups is 1. The Morgan fingerprint density at radius 3 is 2.69 bits per heavy atom. The number of aromatic nitrogens is 2. The van der Waals surface area contributed by atoms with E-state index in [1.165, 1.54) is 29.0 Å². The van der Waals surface area contributed by atoms with Gasteiger partial charge >= 0.3 is 0 Å². The summed E-state index contributed by atoms with van der Waals surface area (Å²) in [4.78, 5) is 11.9. The highest BCUT2D eigenvalue weighted by Crippen LogP contribution is 2.31. The second-order valence-corrected chi connectivity index (χ2v) is 8.56. The molecule has 0 amide bonds. The minimum absolute atomic E-state index is 0.242. The number of nitrogens with one attached hydrogen (secondary N) is 1. The molecule has 1 saturated heterocycles. The van der Waals surface area contributed by atoms with E-state index in [9.17, 15) is 9.50 Å². The Morgan fingerprint density at radius 1 is 1.21 bits per heavy atom. The molecule has 3 heterocycles. The molecule has 1 fully saturated rings. The molecule has 2 aromatic heterocycles. The lowest BCUT2D eigenvalue weighted by molar-refractivity contribution is -0.00316. The summed E-state index contributed by atoms with van der Waals surface area (Å²) in [5, 5.41) is 13.8. The van der Waals surface area contributed by atoms with E-state index in [1.54, 1.807) is 18.3 Å². The van der Waals surface area contributed by atoms with Gasteiger partial charge in [0.1, 0.15) is 17.9 Å². The van der Waals surface area contributed by atoms with Gasteiger partial charge in [0.2, 0.25) is 0 Å². The monoisotopic (exact) mass is 412 g/mol. The number of rotatable bonds is 6. The van der Waals surface area contributed by atoms with Crippen molar-refractivity contribution in [1.82, 2.24) is 14.9 Å². The molecule has 1 atom stereocenters. The van der Waals surface area contributed by atoms with Crippen molar-refractivity contribution < 1.29 is 9.50 Å². The number of benzene rings is 1. The maximum atomic E-state index is 13.1. The Kier molecular flexibility index (Phi) is 6.18. The molecule has 5 nitrogen and oxygen atoms in total. The molecule has 1 aliphatic rings. The predicted molar refractivity (Wildman–Crippen MR) is 115 cm³/mol. The first kappa shape index (κ1) is 19.9. The second kappa shape index (κ2) is 8.98. The van der Waals surface area contributed by atoms with Crippen LogP contribution >= 0.6 is 11.3 Å². The smallest absolute Gasteiger partial charge is 0.188 e. The molecule has 4 rings (SSSR count). The van der Waals surface area contributed by atoms with Gasteiger partial charge in [-0.25, -0.2) is 14.4 Å². The van der Waals surface area contributed by atoms with Crippen molar-refractivity contribution in [2.45, 2.75) is 32.4 Å². The van der Waals surface area contributed by atoms with Crippen LogP contribution in [0.5, 0.6) is 0 Å². The molecule has 0 bridgehead atoms. The number of likely N-dealkylation sites (tertiary alicyclic amines) is 1. The molecular weight excluding hydrogens is 387 g/mol. The molecule has 0 spiro atoms. The van der Waals surface area contributed by atoms with Gasteiger partial charge in [-0.3, -0.25) is 4.90 Å². The van der Waals surface area contributed by atoms with Crippen molar-refractivity contribution in [1.29, 1.82) is 0 Å². The molecule has 0 saturated carbocycles. The van der Waals surface area contributed by atoms with Crippen molar-refractivity contribution in [3.63, 3.8) is 0 Å². The van der Waals surface area contributed by atoms with Gasteiger partial charge in [0.05, 0.1) is 4.88 Å². The maximum absolute atomic E-state index is 13.1. The summed E-state index contributed by atoms with van der Waals surface area (Å²) in [5.41, 5.74) is 2.20. The van der Waals surface area contributed by atoms with Gasteiger partial charge in [-0.2, -0.15) is 0 Å². The number of piperidine rings is 1. The lowest BCUT2D eigenvalue weighted by Gasteiger charge is -2.33. The predicted octanol–water partition coefficient (Wildman–Crippen LogP) is 4.68. The molecule has 0 radical (unpaired) electrons. The number of halogens is 1. The summed E-state index contributed by atoms with van der Waals surface area (Å²) < 4.78 is 13.1. The van der Waals surface area contributed by atoms with Crippen molar-refractivity contribution in [3.8, 4) is 10.4 Å². The van der Waals surface area contributed by atoms with Crippen LogP contribution in [0.1, 0.15) is 25.3 Å². The Balaban J connectivity index is 1.38. The summed E-state index contributed by atoms with van der Waals surface area (Å²) in [5.74, 6) is 1.17. The van der Waals surface area contributed by atoms with E-state index in [4.69, 9.17) is 0 Å². The van der Waals surface area contributed by atoms with Crippen molar-refractivity contribution in [2.24, 2.45) is 5.92 Å². The average molecular weight is 413 g/mol. The number of thiazole rings is 1. The van der Waals surface area contributed by atoms with Crippen LogP contribution < -0.4 is 5.32 Å². The highest BCUT2D eigenvalue weighted by molar-refractivity contribution is 7.18. The highest BCUT2D eigenvalue weighted by Gasteiger charge is 2.21. The molecular formula is C22H25FN4OS. The number of anilines is 2. The van der Waals surface area contributed by atoms with Crippen LogP contribution in [-0.4, -0.2) is 39.3 Å². The minimum Gasteiger partial charge on any atom is -0.379 e. The van der Waals surface area contributed by atoms with Crippen molar-refractivity contribution >= 4 is 22.3 Å². The van der Waals surface area contributed by atoms with E-state index in [2.05, 4.69) is 32.3 Å². The quantitative estimate of drug-likeness (QED) is 0.616. The van der Waals surface area contributed by atoms with Gasteiger partial charge in [0.15, 0.2) is 5.13 Å². The van der Waals surface area contributed by atoms with Crippen molar-refractivity contribution in [3.05, 3.63) is 60.2 Å². The number of hydrogen-bond donors (Lipinski definition) is 2. The Morgan fingerprint density at radius 2 is 1.97 bits per heavy atom. The number of hydrogen-bond acceptors (Lipinski definition) is 6. The second-order valence-electron chi connectivity index (χ2n) is 7.53. The minimum atomic E-state index is -0.356. The largest absolute Gasteiger partial charge is 0.379 e. The van der Waals surface area contributed by atoms with Crippen LogP contribution in [0.3, 0.4) is 0 Å². The van der Waals surface area contributed by atoms with E-state index in [-0.39, 0.29) is 12.0 Å². The van der Waals surface area contributed by atoms with Gasteiger partial charge in [0.25, 0.3) is 0 Å². The van der Waals surface area contributed by atoms with Crippen LogP contribution in [0.2, 0.25) is 0 Å². The first-order valence-electron chi connectivity index (χ1n) is 9.92. The SMILES string of the molecule is CC(O)N1CCC(Cc2ccnc(Nc3ncc(-c4ccc(F)cc4)s3)c2)CC1. The first-order valence-corrected chi connectivity index (χ1v) is 10.7. The van der Waals surface area contributed by atoms with Gasteiger partial charge in [-0.05, 0) is 67.5 Å². The third-order valence-electron chi connectivity index (χ3n) is 5.40. The standard InChI is InChI=1S/C22H25FN4OS/c1-15(28)27-10-7-16(8-11-27)12-17-6-9-24-21(13-17)26-22-25-14-20(29-22)18-2-4-19(23)5-3-18/h2-6,9,13-16,28H,7-8,10-12H2,1H3,(H,24,25,26). The summed E-state index contributed by atoms with van der Waals surface area (Å²) in [6.45, 7) is 3.73. The van der Waals surface area contributed by atoms with Crippen LogP contribution in [-0.2, 0) is 6.42 Å². The molecule has 29 heavy (non-hydrogen) atoms. The fourth-order valence-corrected chi connectivity index (χ4v) is 4.55. The summed E-state index contributed by atoms with van der Waals surface area (Å²) in [7, 11) is 0. The summed E-state index contributed by atoms with van der Waals surface area (Å²) in [6, 6.07) is 10.6. The molecule has 1 aromatic carbocycles. The summed E-state index contributed by atoms with van der Waals surface area (Å²) in [6.07, 6.45) is 6.49. The number of aliphatic hydroxyl groups excluding tert-OH is 1. The third-order valence-corrected chi connectivity index (χ3v) is 6.36. The van der Waals surface area contributed by atoms with Gasteiger partial charge in [0, 0.05) is 25.5 Å². The first-order chi connectivity index (χ1) is 14.1. The van der Waals surface area contributed by atoms with Crippen LogP contribution in [0.4, 0.5) is 15.3 Å².